The van der Waals surface area contributed by atoms with Crippen LogP contribution in [0, 0.1) is 0 Å². The highest BCUT2D eigenvalue weighted by molar-refractivity contribution is 5.74. The lowest BCUT2D eigenvalue weighted by atomic mass is 10.1. The predicted octanol–water partition coefficient (Wildman–Crippen LogP) is 1.72. The minimum absolute atomic E-state index is 0.262. The van der Waals surface area contributed by atoms with E-state index in [1.54, 1.807) is 13.0 Å². The average molecular weight is 205 g/mol. The summed E-state index contributed by atoms with van der Waals surface area (Å²) in [7, 11) is 0. The van der Waals surface area contributed by atoms with E-state index in [1.165, 1.54) is 0 Å². The van der Waals surface area contributed by atoms with Crippen molar-refractivity contribution in [2.45, 2.75) is 19.6 Å². The number of hydrogen-bond acceptors (Lipinski definition) is 3. The number of ether oxygens (including phenoxy) is 1. The van der Waals surface area contributed by atoms with Crippen LogP contribution in [0.4, 0.5) is 0 Å². The zero-order valence-corrected chi connectivity index (χ0v) is 8.77. The number of hydrogen-bond donors (Lipinski definition) is 1. The Kier molecular flexibility index (Phi) is 4.06. The summed E-state index contributed by atoms with van der Waals surface area (Å²) in [6.07, 6.45) is 1.76. The minimum Gasteiger partial charge on any atom is -0.460 e. The zero-order chi connectivity index (χ0) is 11.3. The van der Waals surface area contributed by atoms with Crippen LogP contribution in [0.2, 0.25) is 0 Å². The number of carbonyl (C=O) groups excluding carboxylic acids is 1. The molecule has 0 spiro atoms. The Balaban J connectivity index is 2.51. The Morgan fingerprint density at radius 1 is 1.53 bits per heavy atom. The molecule has 0 saturated carbocycles. The van der Waals surface area contributed by atoms with Gasteiger partial charge in [0.25, 0.3) is 0 Å². The normalized spacial score (nSPS) is 11.9. The van der Waals surface area contributed by atoms with E-state index >= 15 is 0 Å². The molecule has 0 aromatic heterocycles. The molecule has 2 N–H and O–H groups in total. The van der Waals surface area contributed by atoms with Gasteiger partial charge in [0.05, 0.1) is 0 Å². The summed E-state index contributed by atoms with van der Waals surface area (Å²) in [4.78, 5) is 11.1. The first kappa shape index (κ1) is 11.5. The first-order valence-electron chi connectivity index (χ1n) is 4.77. The molecule has 3 heteroatoms. The van der Waals surface area contributed by atoms with Crippen LogP contribution in [0.1, 0.15) is 18.1 Å². The maximum atomic E-state index is 11.1. The Morgan fingerprint density at radius 2 is 2.13 bits per heavy atom. The molecule has 0 amide bonds. The van der Waals surface area contributed by atoms with Crippen LogP contribution in [0.3, 0.4) is 0 Å². The smallest absolute Gasteiger partial charge is 0.322 e. The first-order valence-corrected chi connectivity index (χ1v) is 4.77. The molecule has 3 nitrogen and oxygen atoms in total. The van der Waals surface area contributed by atoms with E-state index in [1.807, 2.05) is 24.3 Å². The van der Waals surface area contributed by atoms with Gasteiger partial charge < -0.3 is 10.5 Å². The van der Waals surface area contributed by atoms with Crippen molar-refractivity contribution >= 4 is 12.0 Å². The van der Waals surface area contributed by atoms with Gasteiger partial charge in [-0.05, 0) is 18.1 Å². The molecule has 0 radical (unpaired) electrons. The summed E-state index contributed by atoms with van der Waals surface area (Å²) < 4.78 is 4.97. The Hall–Kier alpha value is -1.61. The molecule has 1 unspecified atom stereocenters. The number of nitrogens with two attached hydrogens (primary N) is 1. The van der Waals surface area contributed by atoms with E-state index in [-0.39, 0.29) is 12.6 Å². The molecule has 0 heterocycles. The molecular formula is C12H15NO2. The highest BCUT2D eigenvalue weighted by Gasteiger charge is 2.08. The van der Waals surface area contributed by atoms with Crippen molar-refractivity contribution in [3.8, 4) is 0 Å². The van der Waals surface area contributed by atoms with E-state index in [9.17, 15) is 4.79 Å². The highest BCUT2D eigenvalue weighted by atomic mass is 16.5. The third-order valence-corrected chi connectivity index (χ3v) is 1.97. The summed E-state index contributed by atoms with van der Waals surface area (Å²) in [5.41, 5.74) is 7.34. The lowest BCUT2D eigenvalue weighted by Crippen LogP contribution is -2.28. The Bertz CT molecular complexity index is 341. The number of benzene rings is 1. The quantitative estimate of drug-likeness (QED) is 0.761. The van der Waals surface area contributed by atoms with Gasteiger partial charge in [0.2, 0.25) is 0 Å². The molecule has 80 valence electrons. The maximum absolute atomic E-state index is 11.1. The summed E-state index contributed by atoms with van der Waals surface area (Å²) in [6.45, 7) is 5.52. The van der Waals surface area contributed by atoms with Gasteiger partial charge in [-0.15, -0.1) is 0 Å². The number of esters is 1. The van der Waals surface area contributed by atoms with Crippen molar-refractivity contribution in [3.05, 3.63) is 42.0 Å². The first-order chi connectivity index (χ1) is 7.13. The molecule has 1 aromatic carbocycles. The second kappa shape index (κ2) is 5.32. The Labute approximate surface area is 89.5 Å². The standard InChI is InChI=1S/C12H15NO2/c1-3-10-4-6-11(7-5-10)8-15-12(14)9(2)13/h3-7,9H,1,8,13H2,2H3. The van der Waals surface area contributed by atoms with Gasteiger partial charge in [-0.3, -0.25) is 4.79 Å². The molecule has 0 fully saturated rings. The fraction of sp³-hybridized carbons (Fsp3) is 0.250. The SMILES string of the molecule is C=Cc1ccc(COC(=O)C(C)N)cc1. The predicted molar refractivity (Wildman–Crippen MR) is 60.0 cm³/mol. The molecule has 0 aliphatic carbocycles. The van der Waals surface area contributed by atoms with Gasteiger partial charge >= 0.3 is 5.97 Å². The van der Waals surface area contributed by atoms with Gasteiger partial charge in [0.1, 0.15) is 12.6 Å². The van der Waals surface area contributed by atoms with E-state index in [0.717, 1.165) is 11.1 Å². The van der Waals surface area contributed by atoms with Crippen LogP contribution in [0.25, 0.3) is 6.08 Å². The zero-order valence-electron chi connectivity index (χ0n) is 8.77. The summed E-state index contributed by atoms with van der Waals surface area (Å²) >= 11 is 0. The van der Waals surface area contributed by atoms with E-state index in [2.05, 4.69) is 6.58 Å². The van der Waals surface area contributed by atoms with E-state index < -0.39 is 6.04 Å². The van der Waals surface area contributed by atoms with Crippen molar-refractivity contribution in [2.75, 3.05) is 0 Å². The van der Waals surface area contributed by atoms with E-state index in [4.69, 9.17) is 10.5 Å². The van der Waals surface area contributed by atoms with Gasteiger partial charge in [0, 0.05) is 0 Å². The molecule has 0 aliphatic heterocycles. The lowest BCUT2D eigenvalue weighted by Gasteiger charge is -2.07. The van der Waals surface area contributed by atoms with Crippen molar-refractivity contribution in [3.63, 3.8) is 0 Å². The van der Waals surface area contributed by atoms with E-state index in [0.29, 0.717) is 0 Å². The second-order valence-electron chi connectivity index (χ2n) is 3.34. The summed E-state index contributed by atoms with van der Waals surface area (Å²) in [6, 6.07) is 7.05. The second-order valence-corrected chi connectivity index (χ2v) is 3.34. The van der Waals surface area contributed by atoms with Crippen LogP contribution in [0.5, 0.6) is 0 Å². The summed E-state index contributed by atoms with van der Waals surface area (Å²) in [5.74, 6) is -0.386. The number of rotatable bonds is 4. The van der Waals surface area contributed by atoms with Gasteiger partial charge in [-0.2, -0.15) is 0 Å². The van der Waals surface area contributed by atoms with Crippen LogP contribution < -0.4 is 5.73 Å². The van der Waals surface area contributed by atoms with Crippen LogP contribution in [-0.2, 0) is 16.1 Å². The molecule has 1 rings (SSSR count). The molecule has 0 aliphatic rings. The van der Waals surface area contributed by atoms with Crippen molar-refractivity contribution in [1.29, 1.82) is 0 Å². The third kappa shape index (κ3) is 3.56. The van der Waals surface area contributed by atoms with Crippen LogP contribution in [-0.4, -0.2) is 12.0 Å². The maximum Gasteiger partial charge on any atom is 0.322 e. The van der Waals surface area contributed by atoms with Gasteiger partial charge in [0.15, 0.2) is 0 Å². The van der Waals surface area contributed by atoms with Crippen molar-refractivity contribution in [1.82, 2.24) is 0 Å². The average Bonchev–Trinajstić information content (AvgIpc) is 2.26. The largest absolute Gasteiger partial charge is 0.460 e. The molecule has 1 aromatic rings. The highest BCUT2D eigenvalue weighted by Crippen LogP contribution is 2.06. The van der Waals surface area contributed by atoms with Crippen molar-refractivity contribution in [2.24, 2.45) is 5.73 Å². The Morgan fingerprint density at radius 3 is 2.60 bits per heavy atom. The molecule has 15 heavy (non-hydrogen) atoms. The fourth-order valence-corrected chi connectivity index (χ4v) is 1.04. The van der Waals surface area contributed by atoms with Crippen LogP contribution >= 0.6 is 0 Å². The van der Waals surface area contributed by atoms with Gasteiger partial charge in [-0.25, -0.2) is 0 Å². The lowest BCUT2D eigenvalue weighted by molar-refractivity contribution is -0.146. The molecule has 1 atom stereocenters. The van der Waals surface area contributed by atoms with Crippen LogP contribution in [0.15, 0.2) is 30.8 Å². The fourth-order valence-electron chi connectivity index (χ4n) is 1.04. The monoisotopic (exact) mass is 205 g/mol. The molecule has 0 saturated heterocycles. The molecule has 0 bridgehead atoms. The topological polar surface area (TPSA) is 52.3 Å². The number of carbonyl (C=O) groups is 1. The van der Waals surface area contributed by atoms with Gasteiger partial charge in [-0.1, -0.05) is 36.9 Å². The minimum atomic E-state index is -0.572. The van der Waals surface area contributed by atoms with Crippen molar-refractivity contribution < 1.29 is 9.53 Å². The summed E-state index contributed by atoms with van der Waals surface area (Å²) in [5, 5.41) is 0. The molecular weight excluding hydrogens is 190 g/mol. The third-order valence-electron chi connectivity index (χ3n) is 1.97.